The summed E-state index contributed by atoms with van der Waals surface area (Å²) >= 11 is 1.65. The van der Waals surface area contributed by atoms with Crippen molar-refractivity contribution >= 4 is 27.5 Å². The first kappa shape index (κ1) is 19.1. The first-order valence-electron chi connectivity index (χ1n) is 9.44. The zero-order valence-corrected chi connectivity index (χ0v) is 16.8. The lowest BCUT2D eigenvalue weighted by molar-refractivity contribution is -0.151. The second-order valence-corrected chi connectivity index (χ2v) is 7.62. The van der Waals surface area contributed by atoms with Crippen molar-refractivity contribution in [3.63, 3.8) is 0 Å². The van der Waals surface area contributed by atoms with Gasteiger partial charge in [0.2, 0.25) is 0 Å². The Morgan fingerprint density at radius 2 is 2.00 bits per heavy atom. The van der Waals surface area contributed by atoms with Gasteiger partial charge in [0.1, 0.15) is 10.8 Å². The number of aromatic nitrogens is 3. The number of aryl methyl sites for hydroxylation is 1. The third-order valence-electron chi connectivity index (χ3n) is 4.40. The first-order valence-corrected chi connectivity index (χ1v) is 10.3. The molecule has 0 spiro atoms. The van der Waals surface area contributed by atoms with Gasteiger partial charge in [-0.25, -0.2) is 14.8 Å². The Morgan fingerprint density at radius 3 is 2.76 bits per heavy atom. The zero-order valence-electron chi connectivity index (χ0n) is 16.0. The van der Waals surface area contributed by atoms with E-state index in [1.165, 1.54) is 0 Å². The van der Waals surface area contributed by atoms with Crippen LogP contribution in [0.5, 0.6) is 5.75 Å². The molecule has 1 unspecified atom stereocenters. The number of benzene rings is 2. The van der Waals surface area contributed by atoms with Crippen LogP contribution in [0.25, 0.3) is 20.8 Å². The maximum atomic E-state index is 12.1. The van der Waals surface area contributed by atoms with Crippen molar-refractivity contribution in [1.29, 1.82) is 0 Å². The van der Waals surface area contributed by atoms with Gasteiger partial charge in [0.15, 0.2) is 6.10 Å². The molecule has 6 nitrogen and oxygen atoms in total. The fraction of sp³-hybridized carbons (Fsp3) is 0.227. The number of thiazole rings is 1. The minimum Gasteiger partial charge on any atom is -0.479 e. The van der Waals surface area contributed by atoms with Crippen molar-refractivity contribution in [1.82, 2.24) is 14.5 Å². The fourth-order valence-electron chi connectivity index (χ4n) is 2.88. The highest BCUT2D eigenvalue weighted by Crippen LogP contribution is 2.31. The number of carbonyl (C=O) groups is 1. The van der Waals surface area contributed by atoms with E-state index in [0.29, 0.717) is 12.4 Å². The third-order valence-corrected chi connectivity index (χ3v) is 5.49. The number of ether oxygens (including phenoxy) is 2. The van der Waals surface area contributed by atoms with E-state index in [0.717, 1.165) is 33.8 Å². The van der Waals surface area contributed by atoms with E-state index in [9.17, 15) is 4.79 Å². The smallest absolute Gasteiger partial charge is 0.347 e. The average molecular weight is 407 g/mol. The molecule has 7 heteroatoms. The van der Waals surface area contributed by atoms with Crippen LogP contribution in [0.2, 0.25) is 0 Å². The summed E-state index contributed by atoms with van der Waals surface area (Å²) in [5.41, 5.74) is 2.02. The Bertz CT molecular complexity index is 1040. The number of fused-ring (bicyclic) bond motifs is 1. The van der Waals surface area contributed by atoms with Crippen molar-refractivity contribution in [3.8, 4) is 16.3 Å². The van der Waals surface area contributed by atoms with Gasteiger partial charge in [-0.1, -0.05) is 12.1 Å². The molecule has 2 aromatic heterocycles. The van der Waals surface area contributed by atoms with Crippen LogP contribution >= 0.6 is 11.3 Å². The van der Waals surface area contributed by atoms with Crippen LogP contribution in [0, 0.1) is 0 Å². The van der Waals surface area contributed by atoms with Gasteiger partial charge in [0.25, 0.3) is 0 Å². The molecular formula is C22H21N3O3S. The minimum absolute atomic E-state index is 0.348. The molecule has 0 aliphatic carbocycles. The number of nitrogens with zero attached hydrogens (tertiary/aromatic N) is 3. The predicted octanol–water partition coefficient (Wildman–Crippen LogP) is 4.56. The highest BCUT2D eigenvalue weighted by atomic mass is 32.1. The molecule has 0 radical (unpaired) electrons. The van der Waals surface area contributed by atoms with E-state index in [2.05, 4.69) is 16.0 Å². The van der Waals surface area contributed by atoms with Crippen LogP contribution in [0.1, 0.15) is 13.3 Å². The molecule has 0 amide bonds. The van der Waals surface area contributed by atoms with Crippen molar-refractivity contribution < 1.29 is 14.3 Å². The van der Waals surface area contributed by atoms with Crippen molar-refractivity contribution in [3.05, 3.63) is 67.3 Å². The molecule has 0 saturated carbocycles. The van der Waals surface area contributed by atoms with Gasteiger partial charge >= 0.3 is 5.97 Å². The molecule has 4 rings (SSSR count). The molecular weight excluding hydrogens is 386 g/mol. The van der Waals surface area contributed by atoms with Crippen LogP contribution in [0.15, 0.2) is 67.3 Å². The summed E-state index contributed by atoms with van der Waals surface area (Å²) in [6.07, 6.45) is 5.41. The highest BCUT2D eigenvalue weighted by molar-refractivity contribution is 7.21. The molecule has 4 aromatic rings. The monoisotopic (exact) mass is 407 g/mol. The number of carbonyl (C=O) groups excluding carboxylic acids is 1. The summed E-state index contributed by atoms with van der Waals surface area (Å²) in [6, 6.07) is 15.7. The normalized spacial score (nSPS) is 12.0. The average Bonchev–Trinajstić information content (AvgIpc) is 3.41. The number of hydrogen-bond acceptors (Lipinski definition) is 6. The van der Waals surface area contributed by atoms with Crippen molar-refractivity contribution in [2.45, 2.75) is 26.0 Å². The topological polar surface area (TPSA) is 66.2 Å². The molecule has 1 atom stereocenters. The van der Waals surface area contributed by atoms with E-state index >= 15 is 0 Å². The summed E-state index contributed by atoms with van der Waals surface area (Å²) in [4.78, 5) is 20.8. The van der Waals surface area contributed by atoms with E-state index in [4.69, 9.17) is 9.47 Å². The Kier molecular flexibility index (Phi) is 5.86. The standard InChI is InChI=1S/C22H21N3O3S/c1-16(22(26)27-14-4-12-25-13-11-23-15-25)28-18-9-7-17(8-10-18)21-24-19-5-2-3-6-20(19)29-21/h2-3,5-11,13,15-16H,4,12,14H2,1H3. The van der Waals surface area contributed by atoms with Gasteiger partial charge in [-0.3, -0.25) is 0 Å². The summed E-state index contributed by atoms with van der Waals surface area (Å²) in [7, 11) is 0. The minimum atomic E-state index is -0.670. The van der Waals surface area contributed by atoms with Crippen molar-refractivity contribution in [2.75, 3.05) is 6.61 Å². The van der Waals surface area contributed by atoms with Crippen LogP contribution in [0.4, 0.5) is 0 Å². The zero-order chi connectivity index (χ0) is 20.1. The predicted molar refractivity (Wildman–Crippen MR) is 113 cm³/mol. The Morgan fingerprint density at radius 1 is 1.17 bits per heavy atom. The Labute approximate surface area is 172 Å². The van der Waals surface area contributed by atoms with Crippen LogP contribution in [-0.2, 0) is 16.1 Å². The quantitative estimate of drug-likeness (QED) is 0.316. The lowest BCUT2D eigenvalue weighted by atomic mass is 10.2. The van der Waals surface area contributed by atoms with Crippen LogP contribution < -0.4 is 4.74 Å². The number of esters is 1. The molecule has 0 fully saturated rings. The van der Waals surface area contributed by atoms with Gasteiger partial charge in [-0.05, 0) is 49.7 Å². The van der Waals surface area contributed by atoms with Gasteiger partial charge < -0.3 is 14.0 Å². The van der Waals surface area contributed by atoms with Crippen LogP contribution in [0.3, 0.4) is 0 Å². The molecule has 148 valence electrons. The van der Waals surface area contributed by atoms with E-state index in [-0.39, 0.29) is 5.97 Å². The van der Waals surface area contributed by atoms with Gasteiger partial charge in [0, 0.05) is 24.5 Å². The number of imidazole rings is 1. The molecule has 2 heterocycles. The second-order valence-electron chi connectivity index (χ2n) is 6.59. The molecule has 2 aromatic carbocycles. The highest BCUT2D eigenvalue weighted by Gasteiger charge is 2.16. The Balaban J connectivity index is 1.29. The maximum absolute atomic E-state index is 12.1. The fourth-order valence-corrected chi connectivity index (χ4v) is 3.85. The van der Waals surface area contributed by atoms with Crippen LogP contribution in [-0.4, -0.2) is 33.2 Å². The molecule has 0 aliphatic heterocycles. The SMILES string of the molecule is CC(Oc1ccc(-c2nc3ccccc3s2)cc1)C(=O)OCCCn1ccnc1. The lowest BCUT2D eigenvalue weighted by Crippen LogP contribution is -2.26. The maximum Gasteiger partial charge on any atom is 0.347 e. The van der Waals surface area contributed by atoms with E-state index in [1.54, 1.807) is 30.8 Å². The molecule has 29 heavy (non-hydrogen) atoms. The summed E-state index contributed by atoms with van der Waals surface area (Å²) in [5, 5.41) is 0.961. The summed E-state index contributed by atoms with van der Waals surface area (Å²) in [5.74, 6) is 0.253. The summed E-state index contributed by atoms with van der Waals surface area (Å²) in [6.45, 7) is 2.80. The first-order chi connectivity index (χ1) is 14.2. The molecule has 0 aliphatic rings. The second kappa shape index (κ2) is 8.87. The molecule has 0 saturated heterocycles. The van der Waals surface area contributed by atoms with Gasteiger partial charge in [-0.2, -0.15) is 0 Å². The number of rotatable bonds is 8. The Hall–Kier alpha value is -3.19. The lowest BCUT2D eigenvalue weighted by Gasteiger charge is -2.14. The van der Waals surface area contributed by atoms with E-state index < -0.39 is 6.10 Å². The molecule has 0 N–H and O–H groups in total. The number of hydrogen-bond donors (Lipinski definition) is 0. The van der Waals surface area contributed by atoms with E-state index in [1.807, 2.05) is 53.2 Å². The van der Waals surface area contributed by atoms with Gasteiger partial charge in [-0.15, -0.1) is 11.3 Å². The van der Waals surface area contributed by atoms with Crippen molar-refractivity contribution in [2.24, 2.45) is 0 Å². The largest absolute Gasteiger partial charge is 0.479 e. The van der Waals surface area contributed by atoms with Gasteiger partial charge in [0.05, 0.1) is 23.2 Å². The number of para-hydroxylation sites is 1. The molecule has 0 bridgehead atoms. The third kappa shape index (κ3) is 4.81. The summed E-state index contributed by atoms with van der Waals surface area (Å²) < 4.78 is 14.1.